The van der Waals surface area contributed by atoms with Crippen LogP contribution in [0.4, 0.5) is 10.1 Å². The van der Waals surface area contributed by atoms with Crippen LogP contribution in [0, 0.1) is 5.82 Å². The van der Waals surface area contributed by atoms with E-state index in [0.29, 0.717) is 12.1 Å². The topological polar surface area (TPSA) is 114 Å². The molecule has 0 saturated carbocycles. The number of carbonyl (C=O) groups excluding carboxylic acids is 2. The van der Waals surface area contributed by atoms with Crippen molar-refractivity contribution in [2.45, 2.75) is 18.6 Å². The first-order valence-electron chi connectivity index (χ1n) is 12.0. The minimum absolute atomic E-state index is 0.139. The van der Waals surface area contributed by atoms with Gasteiger partial charge in [-0.3, -0.25) is 18.7 Å². The number of fused-ring (bicyclic) bond motifs is 2. The van der Waals surface area contributed by atoms with E-state index in [4.69, 9.17) is 0 Å². The lowest BCUT2D eigenvalue weighted by molar-refractivity contribution is 0.0858. The van der Waals surface area contributed by atoms with E-state index in [-0.39, 0.29) is 16.9 Å². The van der Waals surface area contributed by atoms with Gasteiger partial charge in [0.2, 0.25) is 0 Å². The Hall–Kier alpha value is -4.83. The maximum absolute atomic E-state index is 14.6. The molecule has 2 aromatic carbocycles. The molecule has 3 heterocycles. The highest BCUT2D eigenvalue weighted by Crippen LogP contribution is 2.31. The molecule has 0 saturated heterocycles. The molecule has 3 aromatic heterocycles. The van der Waals surface area contributed by atoms with Crippen LogP contribution in [0.3, 0.4) is 0 Å². The fourth-order valence-electron chi connectivity index (χ4n) is 4.87. The molecule has 3 N–H and O–H groups in total. The molecule has 1 aliphatic carbocycles. The number of aliphatic hydroxyl groups is 1. The molecular formula is C28H23FN6O3. The standard InChI is InChI=1S/C28H23FN6O3/c1-34-23(8-10-31-34)17-9-11-35-24(15-30-25(35)14-17)28(38)32-21-13-18(6-7-20(21)29)27(37)33-22-12-16-4-2-3-5-19(16)26(22)36/h2-11,13-15,22,26,36H,12H2,1H3,(H,32,38)(H,33,37). The zero-order valence-corrected chi connectivity index (χ0v) is 20.3. The molecule has 0 aliphatic heterocycles. The third-order valence-electron chi connectivity index (χ3n) is 6.85. The zero-order valence-electron chi connectivity index (χ0n) is 20.3. The SMILES string of the molecule is Cn1nccc1-c1ccn2c(C(=O)Nc3cc(C(=O)NC4Cc5ccccc5C4O)ccc3F)cnc2c1. The first-order chi connectivity index (χ1) is 18.4. The summed E-state index contributed by atoms with van der Waals surface area (Å²) in [6.07, 6.45) is 4.48. The Balaban J connectivity index is 1.20. The molecule has 190 valence electrons. The molecule has 10 heteroatoms. The Bertz CT molecular complexity index is 1710. The van der Waals surface area contributed by atoms with Crippen LogP contribution < -0.4 is 10.6 Å². The lowest BCUT2D eigenvalue weighted by Gasteiger charge is -2.17. The number of rotatable bonds is 5. The van der Waals surface area contributed by atoms with Gasteiger partial charge in [0.25, 0.3) is 11.8 Å². The molecule has 0 fully saturated rings. The van der Waals surface area contributed by atoms with Gasteiger partial charge in [-0.2, -0.15) is 5.10 Å². The van der Waals surface area contributed by atoms with E-state index >= 15 is 0 Å². The minimum Gasteiger partial charge on any atom is -0.386 e. The van der Waals surface area contributed by atoms with Crippen molar-refractivity contribution in [1.82, 2.24) is 24.5 Å². The van der Waals surface area contributed by atoms with Crippen LogP contribution >= 0.6 is 0 Å². The molecule has 6 rings (SSSR count). The summed E-state index contributed by atoms with van der Waals surface area (Å²) in [6.45, 7) is 0. The van der Waals surface area contributed by atoms with Crippen molar-refractivity contribution in [3.05, 3.63) is 107 Å². The van der Waals surface area contributed by atoms with Gasteiger partial charge in [0.05, 0.1) is 29.7 Å². The van der Waals surface area contributed by atoms with Crippen molar-refractivity contribution in [2.75, 3.05) is 5.32 Å². The van der Waals surface area contributed by atoms with Crippen LogP contribution in [0.1, 0.15) is 38.1 Å². The smallest absolute Gasteiger partial charge is 0.274 e. The second-order valence-corrected chi connectivity index (χ2v) is 9.20. The molecule has 2 unspecified atom stereocenters. The normalized spacial score (nSPS) is 16.4. The number of nitrogens with zero attached hydrogens (tertiary/aromatic N) is 4. The molecule has 0 spiro atoms. The van der Waals surface area contributed by atoms with E-state index in [9.17, 15) is 19.1 Å². The van der Waals surface area contributed by atoms with E-state index in [1.165, 1.54) is 18.3 Å². The highest BCUT2D eigenvalue weighted by Gasteiger charge is 2.32. The Morgan fingerprint density at radius 3 is 2.71 bits per heavy atom. The lowest BCUT2D eigenvalue weighted by atomic mass is 10.1. The Labute approximate surface area is 216 Å². The third kappa shape index (κ3) is 4.10. The van der Waals surface area contributed by atoms with Gasteiger partial charge < -0.3 is 15.7 Å². The highest BCUT2D eigenvalue weighted by atomic mass is 19.1. The van der Waals surface area contributed by atoms with Crippen LogP contribution in [0.15, 0.2) is 79.3 Å². The Morgan fingerprint density at radius 1 is 1.08 bits per heavy atom. The molecule has 9 nitrogen and oxygen atoms in total. The summed E-state index contributed by atoms with van der Waals surface area (Å²) in [5.74, 6) is -1.74. The summed E-state index contributed by atoms with van der Waals surface area (Å²) >= 11 is 0. The van der Waals surface area contributed by atoms with Crippen molar-refractivity contribution < 1.29 is 19.1 Å². The van der Waals surface area contributed by atoms with Crippen LogP contribution in [-0.4, -0.2) is 42.1 Å². The summed E-state index contributed by atoms with van der Waals surface area (Å²) in [6, 6.07) is 16.2. The molecule has 0 radical (unpaired) electrons. The predicted octanol–water partition coefficient (Wildman–Crippen LogP) is 3.51. The van der Waals surface area contributed by atoms with Crippen LogP contribution in [0.25, 0.3) is 16.9 Å². The van der Waals surface area contributed by atoms with Gasteiger partial charge in [0, 0.05) is 30.6 Å². The van der Waals surface area contributed by atoms with Gasteiger partial charge in [0.15, 0.2) is 0 Å². The number of aromatic nitrogens is 4. The second-order valence-electron chi connectivity index (χ2n) is 9.20. The maximum Gasteiger partial charge on any atom is 0.274 e. The number of halogens is 1. The molecule has 38 heavy (non-hydrogen) atoms. The summed E-state index contributed by atoms with van der Waals surface area (Å²) in [4.78, 5) is 30.3. The molecular weight excluding hydrogens is 487 g/mol. The molecule has 0 bridgehead atoms. The minimum atomic E-state index is -0.830. The summed E-state index contributed by atoms with van der Waals surface area (Å²) < 4.78 is 18.0. The number of nitrogens with one attached hydrogen (secondary N) is 2. The number of amides is 2. The van der Waals surface area contributed by atoms with Gasteiger partial charge in [-0.15, -0.1) is 0 Å². The van der Waals surface area contributed by atoms with Crippen molar-refractivity contribution in [3.8, 4) is 11.3 Å². The quantitative estimate of drug-likeness (QED) is 0.335. The van der Waals surface area contributed by atoms with Crippen molar-refractivity contribution in [2.24, 2.45) is 7.05 Å². The average Bonchev–Trinajstić information content (AvgIpc) is 3.62. The van der Waals surface area contributed by atoms with Crippen LogP contribution in [0.5, 0.6) is 0 Å². The number of aliphatic hydroxyl groups excluding tert-OH is 1. The van der Waals surface area contributed by atoms with Gasteiger partial charge in [-0.05, 0) is 53.9 Å². The van der Waals surface area contributed by atoms with Gasteiger partial charge in [-0.1, -0.05) is 24.3 Å². The second kappa shape index (κ2) is 9.24. The number of imidazole rings is 1. The molecule has 5 aromatic rings. The fourth-order valence-corrected chi connectivity index (χ4v) is 4.87. The third-order valence-corrected chi connectivity index (χ3v) is 6.85. The van der Waals surface area contributed by atoms with E-state index in [1.807, 2.05) is 49.5 Å². The molecule has 2 atom stereocenters. The van der Waals surface area contributed by atoms with E-state index in [0.717, 1.165) is 28.5 Å². The fraction of sp³-hybridized carbons (Fsp3) is 0.143. The summed E-state index contributed by atoms with van der Waals surface area (Å²) in [5.41, 5.74) is 4.30. The maximum atomic E-state index is 14.6. The van der Waals surface area contributed by atoms with Crippen LogP contribution in [-0.2, 0) is 13.5 Å². The van der Waals surface area contributed by atoms with Crippen molar-refractivity contribution in [1.29, 1.82) is 0 Å². The number of carbonyl (C=O) groups is 2. The number of benzene rings is 2. The first-order valence-corrected chi connectivity index (χ1v) is 12.0. The van der Waals surface area contributed by atoms with Gasteiger partial charge >= 0.3 is 0 Å². The van der Waals surface area contributed by atoms with Crippen molar-refractivity contribution >= 4 is 23.1 Å². The monoisotopic (exact) mass is 510 g/mol. The number of pyridine rings is 1. The van der Waals surface area contributed by atoms with Crippen LogP contribution in [0.2, 0.25) is 0 Å². The Kier molecular flexibility index (Phi) is 5.73. The zero-order chi connectivity index (χ0) is 26.4. The summed E-state index contributed by atoms with van der Waals surface area (Å²) in [7, 11) is 1.84. The molecule has 2 amide bonds. The van der Waals surface area contributed by atoms with Gasteiger partial charge in [-0.25, -0.2) is 9.37 Å². The van der Waals surface area contributed by atoms with E-state index < -0.39 is 29.8 Å². The van der Waals surface area contributed by atoms with E-state index in [2.05, 4.69) is 20.7 Å². The average molecular weight is 511 g/mol. The number of hydrogen-bond acceptors (Lipinski definition) is 5. The van der Waals surface area contributed by atoms with Crippen molar-refractivity contribution in [3.63, 3.8) is 0 Å². The lowest BCUT2D eigenvalue weighted by Crippen LogP contribution is -2.37. The Morgan fingerprint density at radius 2 is 1.92 bits per heavy atom. The van der Waals surface area contributed by atoms with Gasteiger partial charge in [0.1, 0.15) is 17.2 Å². The molecule has 1 aliphatic rings. The first kappa shape index (κ1) is 23.6. The number of anilines is 1. The number of aryl methyl sites for hydroxylation is 1. The largest absolute Gasteiger partial charge is 0.386 e. The highest BCUT2D eigenvalue weighted by molar-refractivity contribution is 6.04. The summed E-state index contributed by atoms with van der Waals surface area (Å²) in [5, 5.41) is 20.1. The number of hydrogen-bond donors (Lipinski definition) is 3. The predicted molar refractivity (Wildman–Crippen MR) is 138 cm³/mol. The van der Waals surface area contributed by atoms with E-state index in [1.54, 1.807) is 21.5 Å².